The number of carbonyl (C=O) groups is 2. The number of esters is 1. The molecule has 0 radical (unpaired) electrons. The molecule has 0 spiro atoms. The Labute approximate surface area is 144 Å². The fraction of sp³-hybridized carbons (Fsp3) is 0.188. The number of thiazole rings is 1. The Morgan fingerprint density at radius 1 is 1.29 bits per heavy atom. The summed E-state index contributed by atoms with van der Waals surface area (Å²) in [6, 6.07) is 8.03. The van der Waals surface area contributed by atoms with Gasteiger partial charge in [-0.2, -0.15) is 4.99 Å². The molecule has 2 aromatic heterocycles. The van der Waals surface area contributed by atoms with E-state index in [1.54, 1.807) is 36.6 Å². The lowest BCUT2D eigenvalue weighted by Crippen LogP contribution is -2.23. The first kappa shape index (κ1) is 16.5. The zero-order valence-corrected chi connectivity index (χ0v) is 14.3. The number of rotatable bonds is 4. The van der Waals surface area contributed by atoms with Crippen LogP contribution in [-0.2, 0) is 16.1 Å². The highest BCUT2D eigenvalue weighted by atomic mass is 32.1. The Morgan fingerprint density at radius 3 is 2.83 bits per heavy atom. The number of carbonyl (C=O) groups excluding carboxylic acids is 2. The number of amides is 1. The molecule has 0 saturated carbocycles. The van der Waals surface area contributed by atoms with Gasteiger partial charge in [0.05, 0.1) is 21.7 Å². The predicted octanol–water partition coefficient (Wildman–Crippen LogP) is 3.21. The van der Waals surface area contributed by atoms with Gasteiger partial charge in [-0.25, -0.2) is 4.39 Å². The molecule has 0 saturated heterocycles. The van der Waals surface area contributed by atoms with Crippen molar-refractivity contribution in [3.05, 3.63) is 51.2 Å². The molecule has 1 amide bonds. The largest absolute Gasteiger partial charge is 0.465 e. The molecule has 8 heteroatoms. The van der Waals surface area contributed by atoms with Crippen molar-refractivity contribution in [1.82, 2.24) is 4.57 Å². The van der Waals surface area contributed by atoms with Crippen LogP contribution in [0.15, 0.2) is 40.7 Å². The Kier molecular flexibility index (Phi) is 4.86. The van der Waals surface area contributed by atoms with Crippen LogP contribution >= 0.6 is 22.7 Å². The monoisotopic (exact) mass is 364 g/mol. The summed E-state index contributed by atoms with van der Waals surface area (Å²) in [5, 5.41) is 1.78. The van der Waals surface area contributed by atoms with Crippen molar-refractivity contribution in [3.63, 3.8) is 0 Å². The number of halogens is 1. The smallest absolute Gasteiger partial charge is 0.326 e. The summed E-state index contributed by atoms with van der Waals surface area (Å²) < 4.78 is 21.1. The molecule has 0 bridgehead atoms. The summed E-state index contributed by atoms with van der Waals surface area (Å²) >= 11 is 2.43. The minimum absolute atomic E-state index is 0.203. The zero-order chi connectivity index (χ0) is 17.1. The Balaban J connectivity index is 2.14. The van der Waals surface area contributed by atoms with E-state index in [0.29, 0.717) is 9.58 Å². The Morgan fingerprint density at radius 2 is 2.12 bits per heavy atom. The van der Waals surface area contributed by atoms with Crippen LogP contribution in [0, 0.1) is 5.82 Å². The van der Waals surface area contributed by atoms with Crippen LogP contribution in [0.3, 0.4) is 0 Å². The van der Waals surface area contributed by atoms with Gasteiger partial charge in [0.1, 0.15) is 12.4 Å². The fourth-order valence-corrected chi connectivity index (χ4v) is 3.85. The van der Waals surface area contributed by atoms with Crippen molar-refractivity contribution in [2.75, 3.05) is 6.61 Å². The van der Waals surface area contributed by atoms with Gasteiger partial charge in [-0.05, 0) is 30.5 Å². The highest BCUT2D eigenvalue weighted by molar-refractivity contribution is 7.16. The second kappa shape index (κ2) is 7.06. The van der Waals surface area contributed by atoms with E-state index in [-0.39, 0.29) is 23.5 Å². The molecule has 3 aromatic rings. The molecule has 0 fully saturated rings. The summed E-state index contributed by atoms with van der Waals surface area (Å²) in [6.07, 6.45) is 0. The molecule has 2 heterocycles. The van der Waals surface area contributed by atoms with Gasteiger partial charge in [0.15, 0.2) is 4.80 Å². The maximum absolute atomic E-state index is 14.2. The average molecular weight is 364 g/mol. The zero-order valence-electron chi connectivity index (χ0n) is 12.7. The van der Waals surface area contributed by atoms with E-state index < -0.39 is 17.7 Å². The van der Waals surface area contributed by atoms with Gasteiger partial charge in [0, 0.05) is 0 Å². The molecule has 5 nitrogen and oxygen atoms in total. The fourth-order valence-electron chi connectivity index (χ4n) is 2.20. The van der Waals surface area contributed by atoms with E-state index in [1.807, 2.05) is 0 Å². The van der Waals surface area contributed by atoms with Crippen LogP contribution in [-0.4, -0.2) is 23.1 Å². The minimum Gasteiger partial charge on any atom is -0.465 e. The van der Waals surface area contributed by atoms with E-state index >= 15 is 0 Å². The molecule has 0 N–H and O–H groups in total. The van der Waals surface area contributed by atoms with Crippen molar-refractivity contribution >= 4 is 44.8 Å². The number of aromatic nitrogens is 1. The molecule has 0 atom stereocenters. The summed E-state index contributed by atoms with van der Waals surface area (Å²) in [4.78, 5) is 28.9. The lowest BCUT2D eigenvalue weighted by atomic mass is 10.3. The van der Waals surface area contributed by atoms with Crippen LogP contribution in [0.4, 0.5) is 4.39 Å². The van der Waals surface area contributed by atoms with Crippen LogP contribution < -0.4 is 4.80 Å². The average Bonchev–Trinajstić information content (AvgIpc) is 3.17. The van der Waals surface area contributed by atoms with Crippen molar-refractivity contribution in [2.24, 2.45) is 4.99 Å². The van der Waals surface area contributed by atoms with Gasteiger partial charge in [0.25, 0.3) is 5.91 Å². The third-order valence-electron chi connectivity index (χ3n) is 3.17. The van der Waals surface area contributed by atoms with Crippen molar-refractivity contribution in [2.45, 2.75) is 13.5 Å². The standard InChI is InChI=1S/C16H13FN2O3S2/c1-2-22-13(20)9-19-14-10(17)5-3-6-11(14)24-16(19)18-15(21)12-7-4-8-23-12/h3-8H,2,9H2,1H3. The third-order valence-corrected chi connectivity index (χ3v) is 5.07. The number of nitrogens with zero attached hydrogens (tertiary/aromatic N) is 2. The number of ether oxygens (including phenoxy) is 1. The first-order chi connectivity index (χ1) is 11.6. The molecular formula is C16H13FN2O3S2. The Hall–Kier alpha value is -2.32. The molecule has 0 aliphatic carbocycles. The van der Waals surface area contributed by atoms with Crippen LogP contribution in [0.25, 0.3) is 10.2 Å². The number of fused-ring (bicyclic) bond motifs is 1. The van der Waals surface area contributed by atoms with Gasteiger partial charge in [-0.3, -0.25) is 9.59 Å². The van der Waals surface area contributed by atoms with E-state index in [1.165, 1.54) is 22.0 Å². The van der Waals surface area contributed by atoms with Gasteiger partial charge in [0.2, 0.25) is 0 Å². The molecule has 0 aliphatic rings. The van der Waals surface area contributed by atoms with E-state index in [9.17, 15) is 14.0 Å². The highest BCUT2D eigenvalue weighted by Gasteiger charge is 2.15. The second-order valence-electron chi connectivity index (χ2n) is 4.76. The van der Waals surface area contributed by atoms with Crippen LogP contribution in [0.5, 0.6) is 0 Å². The van der Waals surface area contributed by atoms with Gasteiger partial charge >= 0.3 is 5.97 Å². The molecule has 0 aliphatic heterocycles. The van der Waals surface area contributed by atoms with Gasteiger partial charge in [-0.15, -0.1) is 11.3 Å². The van der Waals surface area contributed by atoms with Crippen molar-refractivity contribution < 1.29 is 18.7 Å². The maximum Gasteiger partial charge on any atom is 0.326 e. The van der Waals surface area contributed by atoms with Crippen LogP contribution in [0.2, 0.25) is 0 Å². The lowest BCUT2D eigenvalue weighted by molar-refractivity contribution is -0.143. The Bertz CT molecular complexity index is 958. The predicted molar refractivity (Wildman–Crippen MR) is 90.6 cm³/mol. The van der Waals surface area contributed by atoms with Crippen molar-refractivity contribution in [1.29, 1.82) is 0 Å². The molecule has 0 unspecified atom stereocenters. The number of hydrogen-bond acceptors (Lipinski definition) is 5. The minimum atomic E-state index is -0.509. The summed E-state index contributed by atoms with van der Waals surface area (Å²) in [7, 11) is 0. The topological polar surface area (TPSA) is 60.7 Å². The summed E-state index contributed by atoms with van der Waals surface area (Å²) in [5.41, 5.74) is 0.244. The highest BCUT2D eigenvalue weighted by Crippen LogP contribution is 2.21. The van der Waals surface area contributed by atoms with E-state index in [4.69, 9.17) is 4.74 Å². The van der Waals surface area contributed by atoms with Crippen molar-refractivity contribution in [3.8, 4) is 0 Å². The van der Waals surface area contributed by atoms with E-state index in [2.05, 4.69) is 4.99 Å². The third kappa shape index (κ3) is 3.29. The molecule has 1 aromatic carbocycles. The number of benzene rings is 1. The lowest BCUT2D eigenvalue weighted by Gasteiger charge is -2.05. The molecule has 3 rings (SSSR count). The number of thiophene rings is 1. The van der Waals surface area contributed by atoms with E-state index in [0.717, 1.165) is 11.3 Å². The molecule has 124 valence electrons. The normalized spacial score (nSPS) is 11.8. The molecule has 24 heavy (non-hydrogen) atoms. The SMILES string of the molecule is CCOC(=O)Cn1c(=NC(=O)c2cccs2)sc2cccc(F)c21. The summed E-state index contributed by atoms with van der Waals surface area (Å²) in [5.74, 6) is -1.40. The number of para-hydroxylation sites is 1. The first-order valence-electron chi connectivity index (χ1n) is 7.16. The number of hydrogen-bond donors (Lipinski definition) is 0. The maximum atomic E-state index is 14.2. The second-order valence-corrected chi connectivity index (χ2v) is 6.71. The van der Waals surface area contributed by atoms with Crippen LogP contribution in [0.1, 0.15) is 16.6 Å². The van der Waals surface area contributed by atoms with Gasteiger partial charge < -0.3 is 9.30 Å². The first-order valence-corrected chi connectivity index (χ1v) is 8.85. The quantitative estimate of drug-likeness (QED) is 0.668. The summed E-state index contributed by atoms with van der Waals surface area (Å²) in [6.45, 7) is 1.72. The molecular weight excluding hydrogens is 351 g/mol. The van der Waals surface area contributed by atoms with Gasteiger partial charge in [-0.1, -0.05) is 23.5 Å².